The monoisotopic (exact) mass is 254 g/mol. The normalized spacial score (nSPS) is 17.9. The van der Waals surface area contributed by atoms with E-state index < -0.39 is 33.0 Å². The summed E-state index contributed by atoms with van der Waals surface area (Å²) in [6.07, 6.45) is -5.85. The minimum Gasteiger partial charge on any atom is -0.377 e. The zero-order valence-electron chi connectivity index (χ0n) is 7.56. The number of alkyl halides is 3. The van der Waals surface area contributed by atoms with Crippen molar-refractivity contribution >= 4 is 19.7 Å². The summed E-state index contributed by atoms with van der Waals surface area (Å²) < 4.78 is 61.7. The van der Waals surface area contributed by atoms with E-state index in [0.29, 0.717) is 0 Å². The number of methoxy groups -OCH3 is 1. The molecule has 0 radical (unpaired) electrons. The fourth-order valence-electron chi connectivity index (χ4n) is 0.971. The van der Waals surface area contributed by atoms with Gasteiger partial charge in [0.15, 0.2) is 0 Å². The Bertz CT molecular complexity index is 287. The van der Waals surface area contributed by atoms with E-state index in [4.69, 9.17) is 10.7 Å². The Labute approximate surface area is 84.6 Å². The fourth-order valence-corrected chi connectivity index (χ4v) is 2.61. The van der Waals surface area contributed by atoms with Gasteiger partial charge < -0.3 is 4.74 Å². The molecule has 86 valence electrons. The molecule has 0 spiro atoms. The van der Waals surface area contributed by atoms with Gasteiger partial charge in [0.1, 0.15) is 0 Å². The van der Waals surface area contributed by atoms with Gasteiger partial charge in [-0.2, -0.15) is 13.2 Å². The van der Waals surface area contributed by atoms with Gasteiger partial charge in [-0.3, -0.25) is 0 Å². The predicted molar refractivity (Wildman–Crippen MR) is 45.7 cm³/mol. The number of halogens is 4. The molecule has 0 amide bonds. The topological polar surface area (TPSA) is 43.4 Å². The third-order valence-electron chi connectivity index (χ3n) is 1.54. The highest BCUT2D eigenvalue weighted by Crippen LogP contribution is 2.31. The minimum absolute atomic E-state index is 0.877. The van der Waals surface area contributed by atoms with E-state index in [1.54, 1.807) is 0 Å². The van der Waals surface area contributed by atoms with Crippen LogP contribution >= 0.6 is 10.7 Å². The first kappa shape index (κ1) is 14.0. The molecule has 0 aromatic heterocycles. The lowest BCUT2D eigenvalue weighted by Crippen LogP contribution is -2.39. The van der Waals surface area contributed by atoms with Crippen LogP contribution in [0.25, 0.3) is 0 Å². The Kier molecular flexibility index (Phi) is 4.24. The molecule has 0 fully saturated rings. The van der Waals surface area contributed by atoms with Gasteiger partial charge >= 0.3 is 6.18 Å². The summed E-state index contributed by atoms with van der Waals surface area (Å²) in [5.74, 6) is -0.877. The van der Waals surface area contributed by atoms with E-state index in [1.807, 2.05) is 0 Å². The highest BCUT2D eigenvalue weighted by molar-refractivity contribution is 8.13. The van der Waals surface area contributed by atoms with Gasteiger partial charge in [-0.15, -0.1) is 0 Å². The van der Waals surface area contributed by atoms with Crippen molar-refractivity contribution in [2.24, 2.45) is 0 Å². The summed E-state index contributed by atoms with van der Waals surface area (Å²) in [7, 11) is 1.84. The molecule has 0 saturated heterocycles. The second-order valence-corrected chi connectivity index (χ2v) is 5.91. The van der Waals surface area contributed by atoms with Crippen molar-refractivity contribution in [2.45, 2.75) is 25.1 Å². The third kappa shape index (κ3) is 6.44. The van der Waals surface area contributed by atoms with Gasteiger partial charge in [0.05, 0.1) is 17.8 Å². The maximum atomic E-state index is 12.0. The first-order valence-corrected chi connectivity index (χ1v) is 5.99. The van der Waals surface area contributed by atoms with E-state index in [2.05, 4.69) is 4.74 Å². The Morgan fingerprint density at radius 1 is 1.36 bits per heavy atom. The quantitative estimate of drug-likeness (QED) is 0.720. The molecule has 0 N–H and O–H groups in total. The first-order chi connectivity index (χ1) is 5.97. The molecule has 0 rings (SSSR count). The summed E-state index contributed by atoms with van der Waals surface area (Å²) in [6.45, 7) is 1.04. The van der Waals surface area contributed by atoms with Crippen LogP contribution in [-0.2, 0) is 13.8 Å². The van der Waals surface area contributed by atoms with Crippen LogP contribution in [-0.4, -0.2) is 33.1 Å². The van der Waals surface area contributed by atoms with Gasteiger partial charge in [0.2, 0.25) is 9.05 Å². The summed E-state index contributed by atoms with van der Waals surface area (Å²) in [5, 5.41) is 0. The van der Waals surface area contributed by atoms with Crippen molar-refractivity contribution in [1.29, 1.82) is 0 Å². The highest BCUT2D eigenvalue weighted by atomic mass is 35.7. The van der Waals surface area contributed by atoms with Crippen LogP contribution < -0.4 is 0 Å². The SMILES string of the molecule is COC(C)(CC(F)(F)F)CS(=O)(=O)Cl. The standard InChI is InChI=1S/C6H10ClF3O3S/c1-5(13-2,3-6(8,9)10)4-14(7,11)12/h3-4H2,1-2H3. The van der Waals surface area contributed by atoms with Crippen molar-refractivity contribution in [3.63, 3.8) is 0 Å². The minimum atomic E-state index is -4.49. The molecule has 0 aromatic carbocycles. The summed E-state index contributed by atoms with van der Waals surface area (Å²) in [6, 6.07) is 0. The molecule has 0 aliphatic rings. The molecule has 0 aromatic rings. The van der Waals surface area contributed by atoms with E-state index in [0.717, 1.165) is 14.0 Å². The lowest BCUT2D eigenvalue weighted by atomic mass is 10.1. The number of hydrogen-bond acceptors (Lipinski definition) is 3. The van der Waals surface area contributed by atoms with Crippen molar-refractivity contribution in [2.75, 3.05) is 12.9 Å². The van der Waals surface area contributed by atoms with Gasteiger partial charge in [-0.05, 0) is 6.92 Å². The maximum Gasteiger partial charge on any atom is 0.391 e. The Hall–Kier alpha value is -0.0100. The molecule has 8 heteroatoms. The molecule has 1 unspecified atom stereocenters. The zero-order chi connectivity index (χ0) is 11.6. The fraction of sp³-hybridized carbons (Fsp3) is 1.00. The molecule has 0 saturated carbocycles. The number of hydrogen-bond donors (Lipinski definition) is 0. The van der Waals surface area contributed by atoms with Crippen LogP contribution in [0.2, 0.25) is 0 Å². The van der Waals surface area contributed by atoms with Crippen LogP contribution in [0.3, 0.4) is 0 Å². The average Bonchev–Trinajstić information content (AvgIpc) is 1.78. The van der Waals surface area contributed by atoms with Gasteiger partial charge in [0.25, 0.3) is 0 Å². The first-order valence-electron chi connectivity index (χ1n) is 3.52. The summed E-state index contributed by atoms with van der Waals surface area (Å²) in [5.41, 5.74) is -1.83. The Balaban J connectivity index is 4.66. The second kappa shape index (κ2) is 4.24. The van der Waals surface area contributed by atoms with E-state index in [9.17, 15) is 21.6 Å². The molecular weight excluding hydrogens is 245 g/mol. The van der Waals surface area contributed by atoms with Crippen molar-refractivity contribution in [1.82, 2.24) is 0 Å². The molecule has 0 heterocycles. The van der Waals surface area contributed by atoms with Crippen molar-refractivity contribution in [3.8, 4) is 0 Å². The van der Waals surface area contributed by atoms with Crippen LogP contribution in [0.1, 0.15) is 13.3 Å². The Morgan fingerprint density at radius 3 is 2.00 bits per heavy atom. The van der Waals surface area contributed by atoms with E-state index >= 15 is 0 Å². The lowest BCUT2D eigenvalue weighted by molar-refractivity contribution is -0.173. The largest absolute Gasteiger partial charge is 0.391 e. The predicted octanol–water partition coefficient (Wildman–Crippen LogP) is 1.91. The molecule has 0 aliphatic carbocycles. The smallest absolute Gasteiger partial charge is 0.377 e. The lowest BCUT2D eigenvalue weighted by Gasteiger charge is -2.27. The summed E-state index contributed by atoms with van der Waals surface area (Å²) in [4.78, 5) is 0. The molecule has 1 atom stereocenters. The van der Waals surface area contributed by atoms with Crippen LogP contribution in [0, 0.1) is 0 Å². The van der Waals surface area contributed by atoms with E-state index in [-0.39, 0.29) is 0 Å². The van der Waals surface area contributed by atoms with Crippen LogP contribution in [0.5, 0.6) is 0 Å². The van der Waals surface area contributed by atoms with Crippen LogP contribution in [0.4, 0.5) is 13.2 Å². The highest BCUT2D eigenvalue weighted by Gasteiger charge is 2.42. The van der Waals surface area contributed by atoms with Crippen molar-refractivity contribution < 1.29 is 26.3 Å². The molecule has 0 bridgehead atoms. The Morgan fingerprint density at radius 2 is 1.79 bits per heavy atom. The second-order valence-electron chi connectivity index (χ2n) is 3.13. The number of ether oxygens (including phenoxy) is 1. The third-order valence-corrected chi connectivity index (χ3v) is 2.83. The average molecular weight is 255 g/mol. The number of rotatable bonds is 4. The van der Waals surface area contributed by atoms with Crippen LogP contribution in [0.15, 0.2) is 0 Å². The van der Waals surface area contributed by atoms with Gasteiger partial charge in [0, 0.05) is 17.8 Å². The molecule has 14 heavy (non-hydrogen) atoms. The maximum absolute atomic E-state index is 12.0. The zero-order valence-corrected chi connectivity index (χ0v) is 9.13. The molecule has 0 aliphatic heterocycles. The van der Waals surface area contributed by atoms with Crippen molar-refractivity contribution in [3.05, 3.63) is 0 Å². The van der Waals surface area contributed by atoms with Gasteiger partial charge in [-0.1, -0.05) is 0 Å². The molecular formula is C6H10ClF3O3S. The van der Waals surface area contributed by atoms with Gasteiger partial charge in [-0.25, -0.2) is 8.42 Å². The molecule has 3 nitrogen and oxygen atoms in total. The summed E-state index contributed by atoms with van der Waals surface area (Å²) >= 11 is 0. The van der Waals surface area contributed by atoms with E-state index in [1.165, 1.54) is 0 Å².